The highest BCUT2D eigenvalue weighted by atomic mass is 16.6. The molecule has 3 amide bonds. The minimum atomic E-state index is -0.732. The lowest BCUT2D eigenvalue weighted by Gasteiger charge is -2.26. The summed E-state index contributed by atoms with van der Waals surface area (Å²) in [5.74, 6) is -1.68. The molecule has 2 bridgehead atoms. The van der Waals surface area contributed by atoms with E-state index in [2.05, 4.69) is 16.8 Å². The van der Waals surface area contributed by atoms with Crippen LogP contribution in [0.2, 0.25) is 0 Å². The van der Waals surface area contributed by atoms with Crippen molar-refractivity contribution in [2.75, 3.05) is 11.4 Å². The van der Waals surface area contributed by atoms with Gasteiger partial charge in [0.1, 0.15) is 11.3 Å². The van der Waals surface area contributed by atoms with Crippen LogP contribution in [0.3, 0.4) is 0 Å². The van der Waals surface area contributed by atoms with Gasteiger partial charge >= 0.3 is 6.09 Å². The zero-order chi connectivity index (χ0) is 27.6. The van der Waals surface area contributed by atoms with Crippen molar-refractivity contribution in [3.05, 3.63) is 65.3 Å². The van der Waals surface area contributed by atoms with Gasteiger partial charge in [0.2, 0.25) is 11.8 Å². The summed E-state index contributed by atoms with van der Waals surface area (Å²) < 4.78 is 6.36. The Balaban J connectivity index is 1.46. The van der Waals surface area contributed by atoms with Gasteiger partial charge in [-0.3, -0.25) is 14.5 Å². The minimum absolute atomic E-state index is 0.228. The van der Waals surface area contributed by atoms with Gasteiger partial charge in [0.25, 0.3) is 0 Å². The largest absolute Gasteiger partial charge is 0.442 e. The summed E-state index contributed by atoms with van der Waals surface area (Å²) in [6, 6.07) is 12.9. The smallest absolute Gasteiger partial charge is 0.434 e. The molecule has 4 aliphatic heterocycles. The summed E-state index contributed by atoms with van der Waals surface area (Å²) in [5, 5.41) is 11.8. The Morgan fingerprint density at radius 2 is 1.74 bits per heavy atom. The Morgan fingerprint density at radius 3 is 2.41 bits per heavy atom. The maximum absolute atomic E-state index is 13.8. The number of nitrogens with zero attached hydrogens (tertiary/aromatic N) is 5. The van der Waals surface area contributed by atoms with Crippen LogP contribution in [0, 0.1) is 11.8 Å². The normalized spacial score (nSPS) is 24.5. The number of amides is 3. The van der Waals surface area contributed by atoms with Gasteiger partial charge in [-0.05, 0) is 64.1 Å². The first kappa shape index (κ1) is 25.2. The molecule has 4 atom stereocenters. The lowest BCUT2D eigenvalue weighted by molar-refractivity contribution is -0.124. The molecule has 0 unspecified atom stereocenters. The lowest BCUT2D eigenvalue weighted by atomic mass is 9.81. The fourth-order valence-corrected chi connectivity index (χ4v) is 6.22. The predicted molar refractivity (Wildman–Crippen MR) is 141 cm³/mol. The molecule has 0 aromatic heterocycles. The number of unbranched alkanes of at least 4 members (excludes halogenated alkanes) is 1. The summed E-state index contributed by atoms with van der Waals surface area (Å²) in [6.07, 6.45) is 1.10. The number of rotatable bonds is 4. The molecule has 1 aromatic carbocycles. The van der Waals surface area contributed by atoms with Crippen molar-refractivity contribution in [1.29, 1.82) is 0 Å². The van der Waals surface area contributed by atoms with Gasteiger partial charge in [0.15, 0.2) is 0 Å². The van der Waals surface area contributed by atoms with Crippen molar-refractivity contribution in [3.63, 3.8) is 0 Å². The van der Waals surface area contributed by atoms with Gasteiger partial charge in [0, 0.05) is 0 Å². The number of fused-ring (bicyclic) bond motifs is 9. The van der Waals surface area contributed by atoms with Gasteiger partial charge in [-0.2, -0.15) is 9.72 Å². The van der Waals surface area contributed by atoms with E-state index in [1.807, 2.05) is 6.07 Å². The number of imide groups is 1. The van der Waals surface area contributed by atoms with Crippen molar-refractivity contribution < 1.29 is 24.3 Å². The number of carbonyl (C=O) groups is 3. The van der Waals surface area contributed by atoms with Crippen molar-refractivity contribution >= 4 is 23.6 Å². The van der Waals surface area contributed by atoms with Gasteiger partial charge < -0.3 is 9.94 Å². The minimum Gasteiger partial charge on any atom is -0.442 e. The van der Waals surface area contributed by atoms with Crippen molar-refractivity contribution in [2.24, 2.45) is 16.8 Å². The van der Waals surface area contributed by atoms with Gasteiger partial charge in [-0.1, -0.05) is 31.5 Å². The summed E-state index contributed by atoms with van der Waals surface area (Å²) in [6.45, 7) is 8.05. The zero-order valence-corrected chi connectivity index (χ0v) is 22.4. The number of ether oxygens (including phenoxy) is 1. The molecule has 0 spiro atoms. The first-order valence-electron chi connectivity index (χ1n) is 13.3. The van der Waals surface area contributed by atoms with E-state index >= 15 is 0 Å². The van der Waals surface area contributed by atoms with E-state index in [9.17, 15) is 19.6 Å². The van der Waals surface area contributed by atoms with E-state index in [-0.39, 0.29) is 11.8 Å². The molecule has 0 radical (unpaired) electrons. The van der Waals surface area contributed by atoms with Crippen molar-refractivity contribution in [1.82, 2.24) is 14.6 Å². The van der Waals surface area contributed by atoms with Crippen molar-refractivity contribution in [3.8, 4) is 11.4 Å². The molecule has 6 rings (SSSR count). The number of aromatic nitrogens is 2. The molecular formula is C29H31N5O5. The SMILES string of the molecule is CCCCN1[C@@H]2c3c(nc4cc/c(=N\C(=O)OC(C)(C)C)cc-4n3O)[C@H]1[C@H]1C(=O)N(c3ccccc3)C(=O)[C@H]12. The number of hydrogen-bond acceptors (Lipinski definition) is 7. The molecule has 10 heteroatoms. The van der Waals surface area contributed by atoms with Crippen LogP contribution in [0.25, 0.3) is 11.4 Å². The molecule has 1 aliphatic carbocycles. The Labute approximate surface area is 225 Å². The molecule has 2 saturated heterocycles. The first-order valence-corrected chi connectivity index (χ1v) is 13.3. The molecule has 5 aliphatic rings. The number of benzene rings is 2. The van der Waals surface area contributed by atoms with E-state index in [1.165, 1.54) is 4.90 Å². The predicted octanol–water partition coefficient (Wildman–Crippen LogP) is 4.08. The third kappa shape index (κ3) is 3.93. The average Bonchev–Trinajstić information content (AvgIpc) is 3.46. The molecule has 202 valence electrons. The molecule has 1 aromatic rings. The Hall–Kier alpha value is -4.05. The summed E-state index contributed by atoms with van der Waals surface area (Å²) in [4.78, 5) is 52.2. The third-order valence-corrected chi connectivity index (χ3v) is 7.67. The summed E-state index contributed by atoms with van der Waals surface area (Å²) in [5.41, 5.74) is 1.84. The van der Waals surface area contributed by atoms with Crippen LogP contribution in [-0.2, 0) is 14.3 Å². The van der Waals surface area contributed by atoms with E-state index < -0.39 is 35.6 Å². The number of anilines is 1. The van der Waals surface area contributed by atoms with Crippen LogP contribution in [0.4, 0.5) is 10.5 Å². The second-order valence-corrected chi connectivity index (χ2v) is 11.3. The second kappa shape index (κ2) is 9.01. The molecule has 1 N–H and O–H groups in total. The van der Waals surface area contributed by atoms with Crippen molar-refractivity contribution in [2.45, 2.75) is 58.2 Å². The fraction of sp³-hybridized carbons (Fsp3) is 0.414. The monoisotopic (exact) mass is 529 g/mol. The maximum atomic E-state index is 13.8. The number of hydrogen-bond donors (Lipinski definition) is 1. The van der Waals surface area contributed by atoms with E-state index in [1.54, 1.807) is 63.2 Å². The van der Waals surface area contributed by atoms with Crippen LogP contribution in [0.5, 0.6) is 0 Å². The molecular weight excluding hydrogens is 498 g/mol. The topological polar surface area (TPSA) is 117 Å². The van der Waals surface area contributed by atoms with Crippen LogP contribution >= 0.6 is 0 Å². The third-order valence-electron chi connectivity index (χ3n) is 7.67. The zero-order valence-electron chi connectivity index (χ0n) is 22.4. The molecule has 0 saturated carbocycles. The lowest BCUT2D eigenvalue weighted by Crippen LogP contribution is -2.36. The Bertz CT molecular complexity index is 1530. The molecule has 4 heterocycles. The maximum Gasteiger partial charge on any atom is 0.434 e. The Morgan fingerprint density at radius 1 is 1.05 bits per heavy atom. The average molecular weight is 530 g/mol. The molecule has 39 heavy (non-hydrogen) atoms. The highest BCUT2D eigenvalue weighted by Gasteiger charge is 2.68. The van der Waals surface area contributed by atoms with Gasteiger partial charge in [-0.15, -0.1) is 0 Å². The number of para-hydroxylation sites is 1. The van der Waals surface area contributed by atoms with Crippen LogP contribution in [0.15, 0.2) is 53.5 Å². The highest BCUT2D eigenvalue weighted by molar-refractivity contribution is 6.23. The van der Waals surface area contributed by atoms with Gasteiger partial charge in [-0.25, -0.2) is 14.7 Å². The van der Waals surface area contributed by atoms with E-state index in [0.29, 0.717) is 40.4 Å². The Kier molecular flexibility index (Phi) is 5.83. The summed E-state index contributed by atoms with van der Waals surface area (Å²) in [7, 11) is 0. The van der Waals surface area contributed by atoms with Gasteiger partial charge in [0.05, 0.1) is 52.0 Å². The van der Waals surface area contributed by atoms with Crippen LogP contribution in [-0.4, -0.2) is 49.9 Å². The van der Waals surface area contributed by atoms with Crippen LogP contribution in [0.1, 0.15) is 64.0 Å². The van der Waals surface area contributed by atoms with Crippen LogP contribution < -0.4 is 10.3 Å². The fourth-order valence-electron chi connectivity index (χ4n) is 6.22. The molecule has 2 fully saturated rings. The standard InChI is InChI=1S/C29H31N5O5/c1-5-6-14-32-23-20-21(27(36)33(26(20)35)17-10-8-7-9-11-17)24(32)25-22(23)31-18-13-12-16(15-19(18)34(25)38)30-28(37)39-29(2,3)4/h7-13,15,20-21,23-24,38H,5-6,14H2,1-4H3/b30-16+/t20-,21+,23+,24-/m0/s1. The summed E-state index contributed by atoms with van der Waals surface area (Å²) >= 11 is 0. The molecule has 10 nitrogen and oxygen atoms in total. The van der Waals surface area contributed by atoms with E-state index in [4.69, 9.17) is 9.72 Å². The highest BCUT2D eigenvalue weighted by Crippen LogP contribution is 2.62. The second-order valence-electron chi connectivity index (χ2n) is 11.3. The number of carbonyl (C=O) groups excluding carboxylic acids is 3. The van der Waals surface area contributed by atoms with E-state index in [0.717, 1.165) is 17.6 Å². The first-order chi connectivity index (χ1) is 18.6. The quantitative estimate of drug-likeness (QED) is 0.400.